The predicted octanol–water partition coefficient (Wildman–Crippen LogP) is 0.783. The molecule has 0 aromatic rings. The molecule has 0 aliphatic heterocycles. The molecule has 0 heterocycles. The van der Waals surface area contributed by atoms with Crippen molar-refractivity contribution in [3.05, 3.63) is 0 Å². The van der Waals surface area contributed by atoms with Gasteiger partial charge in [0.05, 0.1) is 12.6 Å². The quantitative estimate of drug-likeness (QED) is 0.489. The zero-order chi connectivity index (χ0) is 10.8. The van der Waals surface area contributed by atoms with Crippen LogP contribution in [0.3, 0.4) is 0 Å². The molecule has 0 saturated heterocycles. The number of carbonyl (C=O) groups excluding carboxylic acids is 1. The number of nitrogens with one attached hydrogen (secondary N) is 1. The third-order valence-electron chi connectivity index (χ3n) is 1.50. The van der Waals surface area contributed by atoms with Crippen molar-refractivity contribution in [2.45, 2.75) is 19.4 Å². The Kier molecular flexibility index (Phi) is 9.03. The van der Waals surface area contributed by atoms with E-state index in [0.29, 0.717) is 19.1 Å². The normalized spacial score (nSPS) is 12.5. The number of methoxy groups -OCH3 is 1. The summed E-state index contributed by atoms with van der Waals surface area (Å²) >= 11 is 5.62. The SMILES string of the molecule is CCCOCC(=O)NC(CCl)COC. The Balaban J connectivity index is 3.56. The number of halogens is 1. The number of ether oxygens (including phenoxy) is 2. The van der Waals surface area contributed by atoms with E-state index in [0.717, 1.165) is 6.42 Å². The highest BCUT2D eigenvalue weighted by atomic mass is 35.5. The van der Waals surface area contributed by atoms with Crippen molar-refractivity contribution in [1.82, 2.24) is 5.32 Å². The zero-order valence-electron chi connectivity index (χ0n) is 8.72. The fourth-order valence-electron chi connectivity index (χ4n) is 0.905. The van der Waals surface area contributed by atoms with Crippen LogP contribution in [0, 0.1) is 0 Å². The van der Waals surface area contributed by atoms with E-state index in [4.69, 9.17) is 21.1 Å². The van der Waals surface area contributed by atoms with Crippen LogP contribution >= 0.6 is 11.6 Å². The smallest absolute Gasteiger partial charge is 0.246 e. The molecule has 0 fully saturated rings. The fourth-order valence-corrected chi connectivity index (χ4v) is 1.07. The summed E-state index contributed by atoms with van der Waals surface area (Å²) in [5.41, 5.74) is 0. The molecule has 84 valence electrons. The summed E-state index contributed by atoms with van der Waals surface area (Å²) in [4.78, 5) is 11.2. The molecule has 1 amide bonds. The van der Waals surface area contributed by atoms with E-state index in [2.05, 4.69) is 5.32 Å². The molecule has 0 radical (unpaired) electrons. The minimum atomic E-state index is -0.152. The van der Waals surface area contributed by atoms with Gasteiger partial charge in [-0.1, -0.05) is 6.92 Å². The highest BCUT2D eigenvalue weighted by molar-refractivity contribution is 6.18. The van der Waals surface area contributed by atoms with Gasteiger partial charge >= 0.3 is 0 Å². The van der Waals surface area contributed by atoms with E-state index in [-0.39, 0.29) is 18.6 Å². The van der Waals surface area contributed by atoms with Crippen molar-refractivity contribution in [2.75, 3.05) is 32.8 Å². The van der Waals surface area contributed by atoms with Crippen LogP contribution in [0.1, 0.15) is 13.3 Å². The average Bonchev–Trinajstić information content (AvgIpc) is 2.17. The first kappa shape index (κ1) is 13.7. The van der Waals surface area contributed by atoms with Crippen LogP contribution in [0.15, 0.2) is 0 Å². The van der Waals surface area contributed by atoms with Gasteiger partial charge in [-0.2, -0.15) is 0 Å². The highest BCUT2D eigenvalue weighted by Crippen LogP contribution is 1.90. The Morgan fingerprint density at radius 2 is 2.29 bits per heavy atom. The van der Waals surface area contributed by atoms with Gasteiger partial charge < -0.3 is 14.8 Å². The molecule has 0 spiro atoms. The van der Waals surface area contributed by atoms with E-state index in [1.165, 1.54) is 0 Å². The largest absolute Gasteiger partial charge is 0.383 e. The van der Waals surface area contributed by atoms with E-state index in [1.54, 1.807) is 7.11 Å². The Morgan fingerprint density at radius 3 is 2.79 bits per heavy atom. The van der Waals surface area contributed by atoms with Gasteiger partial charge in [-0.15, -0.1) is 11.6 Å². The molecule has 0 aromatic heterocycles. The lowest BCUT2D eigenvalue weighted by atomic mass is 10.3. The predicted molar refractivity (Wildman–Crippen MR) is 55.6 cm³/mol. The number of hydrogen-bond acceptors (Lipinski definition) is 3. The van der Waals surface area contributed by atoms with Crippen LogP contribution in [-0.4, -0.2) is 44.8 Å². The van der Waals surface area contributed by atoms with Crippen molar-refractivity contribution < 1.29 is 14.3 Å². The monoisotopic (exact) mass is 223 g/mol. The van der Waals surface area contributed by atoms with Crippen molar-refractivity contribution in [3.63, 3.8) is 0 Å². The molecule has 14 heavy (non-hydrogen) atoms. The number of carbonyl (C=O) groups is 1. The van der Waals surface area contributed by atoms with Gasteiger partial charge in [-0.05, 0) is 6.42 Å². The lowest BCUT2D eigenvalue weighted by molar-refractivity contribution is -0.126. The topological polar surface area (TPSA) is 47.6 Å². The number of hydrogen-bond donors (Lipinski definition) is 1. The molecular weight excluding hydrogens is 206 g/mol. The molecule has 1 atom stereocenters. The highest BCUT2D eigenvalue weighted by Gasteiger charge is 2.10. The van der Waals surface area contributed by atoms with E-state index in [9.17, 15) is 4.79 Å². The molecule has 1 unspecified atom stereocenters. The summed E-state index contributed by atoms with van der Waals surface area (Å²) < 4.78 is 9.95. The molecule has 0 bridgehead atoms. The molecule has 0 aliphatic rings. The molecule has 0 aromatic carbocycles. The third-order valence-corrected chi connectivity index (χ3v) is 1.87. The summed E-state index contributed by atoms with van der Waals surface area (Å²) in [6.07, 6.45) is 0.907. The standard InChI is InChI=1S/C9H18ClNO3/c1-3-4-14-7-9(12)11-8(5-10)6-13-2/h8H,3-7H2,1-2H3,(H,11,12). The summed E-state index contributed by atoms with van der Waals surface area (Å²) in [6.45, 7) is 3.10. The van der Waals surface area contributed by atoms with Crippen molar-refractivity contribution in [3.8, 4) is 0 Å². The Hall–Kier alpha value is -0.320. The Labute approximate surface area is 89.9 Å². The second-order valence-electron chi connectivity index (χ2n) is 2.93. The molecular formula is C9H18ClNO3. The van der Waals surface area contributed by atoms with Gasteiger partial charge in [0.15, 0.2) is 0 Å². The van der Waals surface area contributed by atoms with Crippen LogP contribution in [-0.2, 0) is 14.3 Å². The number of rotatable bonds is 8. The number of amides is 1. The van der Waals surface area contributed by atoms with E-state index in [1.807, 2.05) is 6.92 Å². The van der Waals surface area contributed by atoms with Crippen molar-refractivity contribution >= 4 is 17.5 Å². The molecule has 0 aliphatic carbocycles. The maximum absolute atomic E-state index is 11.2. The van der Waals surface area contributed by atoms with E-state index >= 15 is 0 Å². The summed E-state index contributed by atoms with van der Waals surface area (Å²) in [7, 11) is 1.57. The summed E-state index contributed by atoms with van der Waals surface area (Å²) in [5, 5.41) is 2.71. The molecule has 1 N–H and O–H groups in total. The van der Waals surface area contributed by atoms with Gasteiger partial charge in [0.25, 0.3) is 0 Å². The van der Waals surface area contributed by atoms with Gasteiger partial charge in [-0.3, -0.25) is 4.79 Å². The lowest BCUT2D eigenvalue weighted by Gasteiger charge is -2.14. The average molecular weight is 224 g/mol. The van der Waals surface area contributed by atoms with Crippen molar-refractivity contribution in [1.29, 1.82) is 0 Å². The third kappa shape index (κ3) is 7.12. The first-order valence-electron chi connectivity index (χ1n) is 4.66. The second-order valence-corrected chi connectivity index (χ2v) is 3.24. The van der Waals surface area contributed by atoms with Crippen LogP contribution in [0.25, 0.3) is 0 Å². The van der Waals surface area contributed by atoms with Crippen molar-refractivity contribution in [2.24, 2.45) is 0 Å². The second kappa shape index (κ2) is 9.24. The van der Waals surface area contributed by atoms with Crippen LogP contribution < -0.4 is 5.32 Å². The molecule has 4 nitrogen and oxygen atoms in total. The van der Waals surface area contributed by atoms with Gasteiger partial charge in [0.2, 0.25) is 5.91 Å². The van der Waals surface area contributed by atoms with Gasteiger partial charge in [0, 0.05) is 19.6 Å². The Bertz CT molecular complexity index is 155. The minimum absolute atomic E-state index is 0.0882. The van der Waals surface area contributed by atoms with Gasteiger partial charge in [-0.25, -0.2) is 0 Å². The first-order valence-corrected chi connectivity index (χ1v) is 5.20. The van der Waals surface area contributed by atoms with Crippen LogP contribution in [0.2, 0.25) is 0 Å². The van der Waals surface area contributed by atoms with E-state index < -0.39 is 0 Å². The summed E-state index contributed by atoms with van der Waals surface area (Å²) in [6, 6.07) is -0.139. The maximum atomic E-state index is 11.2. The fraction of sp³-hybridized carbons (Fsp3) is 0.889. The molecule has 5 heteroatoms. The maximum Gasteiger partial charge on any atom is 0.246 e. The molecule has 0 saturated carbocycles. The number of alkyl halides is 1. The minimum Gasteiger partial charge on any atom is -0.383 e. The zero-order valence-corrected chi connectivity index (χ0v) is 9.47. The molecule has 0 rings (SSSR count). The first-order chi connectivity index (χ1) is 6.74. The Morgan fingerprint density at radius 1 is 1.57 bits per heavy atom. The van der Waals surface area contributed by atoms with Gasteiger partial charge in [0.1, 0.15) is 6.61 Å². The lowest BCUT2D eigenvalue weighted by Crippen LogP contribution is -2.41. The van der Waals surface area contributed by atoms with Crippen LogP contribution in [0.5, 0.6) is 0 Å². The summed E-state index contributed by atoms with van der Waals surface area (Å²) in [5.74, 6) is 0.189. The van der Waals surface area contributed by atoms with Crippen LogP contribution in [0.4, 0.5) is 0 Å².